The minimum absolute atomic E-state index is 0.165. The zero-order valence-electron chi connectivity index (χ0n) is 19.7. The van der Waals surface area contributed by atoms with Crippen LogP contribution in [0.4, 0.5) is 14.4 Å². The van der Waals surface area contributed by atoms with Gasteiger partial charge in [0.05, 0.1) is 20.8 Å². The SMILES string of the molecule is CCCCCOC(=O)O[C@@H](C)CC(N)(Cc1ccc(OC(=O)OC)c(OC(=O)OC)c1)C(=O)O. The Morgan fingerprint density at radius 3 is 2.18 bits per heavy atom. The van der Waals surface area contributed by atoms with Gasteiger partial charge in [-0.1, -0.05) is 25.8 Å². The fraction of sp³-hybridized carbons (Fsp3) is 0.545. The van der Waals surface area contributed by atoms with Gasteiger partial charge in [0.1, 0.15) is 11.6 Å². The summed E-state index contributed by atoms with van der Waals surface area (Å²) in [7, 11) is 2.18. The fourth-order valence-electron chi connectivity index (χ4n) is 2.95. The molecule has 0 aromatic heterocycles. The molecule has 0 saturated heterocycles. The molecule has 0 radical (unpaired) electrons. The molecule has 1 unspecified atom stereocenters. The lowest BCUT2D eigenvalue weighted by Crippen LogP contribution is -2.52. The molecule has 0 aliphatic carbocycles. The van der Waals surface area contributed by atoms with E-state index in [-0.39, 0.29) is 30.9 Å². The number of unbranched alkanes of at least 4 members (excludes halogenated alkanes) is 2. The summed E-state index contributed by atoms with van der Waals surface area (Å²) in [6.07, 6.45) is -1.84. The molecule has 12 heteroatoms. The summed E-state index contributed by atoms with van der Waals surface area (Å²) >= 11 is 0. The van der Waals surface area contributed by atoms with E-state index < -0.39 is 36.1 Å². The molecular weight excluding hydrogens is 454 g/mol. The number of carboxylic acid groups (broad SMARTS) is 1. The Morgan fingerprint density at radius 1 is 1.00 bits per heavy atom. The van der Waals surface area contributed by atoms with Crippen molar-refractivity contribution in [2.75, 3.05) is 20.8 Å². The van der Waals surface area contributed by atoms with Gasteiger partial charge in [-0.15, -0.1) is 0 Å². The number of ether oxygens (including phenoxy) is 6. The highest BCUT2D eigenvalue weighted by Crippen LogP contribution is 2.31. The number of benzene rings is 1. The van der Waals surface area contributed by atoms with Gasteiger partial charge >= 0.3 is 24.4 Å². The van der Waals surface area contributed by atoms with Crippen molar-refractivity contribution in [3.8, 4) is 11.5 Å². The number of carboxylic acids is 1. The summed E-state index contributed by atoms with van der Waals surface area (Å²) < 4.78 is 28.8. The largest absolute Gasteiger partial charge is 0.513 e. The molecule has 1 aromatic carbocycles. The second-order valence-electron chi connectivity index (χ2n) is 7.47. The molecule has 0 bridgehead atoms. The van der Waals surface area contributed by atoms with Crippen LogP contribution in [-0.4, -0.2) is 62.0 Å². The highest BCUT2D eigenvalue weighted by molar-refractivity contribution is 5.79. The van der Waals surface area contributed by atoms with Gasteiger partial charge < -0.3 is 39.3 Å². The average molecular weight is 485 g/mol. The molecule has 0 heterocycles. The van der Waals surface area contributed by atoms with Crippen LogP contribution in [-0.2, 0) is 30.2 Å². The van der Waals surface area contributed by atoms with Crippen LogP contribution in [0.1, 0.15) is 45.1 Å². The first-order valence-electron chi connectivity index (χ1n) is 10.5. The van der Waals surface area contributed by atoms with Crippen LogP contribution in [0.5, 0.6) is 11.5 Å². The van der Waals surface area contributed by atoms with Gasteiger partial charge in [-0.2, -0.15) is 0 Å². The van der Waals surface area contributed by atoms with E-state index in [0.29, 0.717) is 12.0 Å². The second kappa shape index (κ2) is 13.9. The summed E-state index contributed by atoms with van der Waals surface area (Å²) in [5.41, 5.74) is 4.61. The number of rotatable bonds is 12. The van der Waals surface area contributed by atoms with E-state index in [4.69, 9.17) is 24.7 Å². The smallest absolute Gasteiger partial charge is 0.480 e. The van der Waals surface area contributed by atoms with Crippen molar-refractivity contribution in [1.82, 2.24) is 0 Å². The molecule has 0 aliphatic rings. The molecule has 1 aromatic rings. The topological polar surface area (TPSA) is 170 Å². The van der Waals surface area contributed by atoms with Crippen molar-refractivity contribution in [3.05, 3.63) is 23.8 Å². The zero-order valence-corrected chi connectivity index (χ0v) is 19.7. The Morgan fingerprint density at radius 2 is 1.62 bits per heavy atom. The lowest BCUT2D eigenvalue weighted by Gasteiger charge is -2.28. The normalized spacial score (nSPS) is 13.1. The quantitative estimate of drug-likeness (QED) is 0.192. The fourth-order valence-corrected chi connectivity index (χ4v) is 2.95. The predicted molar refractivity (Wildman–Crippen MR) is 117 cm³/mol. The van der Waals surface area contributed by atoms with Crippen LogP contribution in [0, 0.1) is 0 Å². The van der Waals surface area contributed by atoms with E-state index in [1.165, 1.54) is 25.1 Å². The molecule has 2 atom stereocenters. The van der Waals surface area contributed by atoms with Gasteiger partial charge in [-0.3, -0.25) is 4.79 Å². The first kappa shape index (κ1) is 28.5. The minimum Gasteiger partial charge on any atom is -0.480 e. The number of carbonyl (C=O) groups excluding carboxylic acids is 3. The standard InChI is InChI=1S/C22H31NO11/c1-5-6-7-10-31-21(28)32-14(2)12-22(23,18(24)25)13-15-8-9-16(33-19(26)29-3)17(11-15)34-20(27)30-4/h8-9,11,14H,5-7,10,12-13,23H2,1-4H3,(H,24,25)/t14-,22?/m0/s1. The number of hydrogen-bond donors (Lipinski definition) is 2. The number of hydrogen-bond acceptors (Lipinski definition) is 11. The maximum Gasteiger partial charge on any atom is 0.513 e. The molecule has 3 N–H and O–H groups in total. The van der Waals surface area contributed by atoms with Crippen LogP contribution in [0.3, 0.4) is 0 Å². The number of aliphatic carboxylic acids is 1. The van der Waals surface area contributed by atoms with Crippen LogP contribution in [0.25, 0.3) is 0 Å². The van der Waals surface area contributed by atoms with Crippen molar-refractivity contribution in [2.45, 2.75) is 57.6 Å². The van der Waals surface area contributed by atoms with E-state index in [9.17, 15) is 24.3 Å². The van der Waals surface area contributed by atoms with Gasteiger partial charge in [-0.05, 0) is 31.0 Å². The Labute approximate surface area is 197 Å². The monoisotopic (exact) mass is 485 g/mol. The molecule has 0 amide bonds. The lowest BCUT2D eigenvalue weighted by molar-refractivity contribution is -0.144. The van der Waals surface area contributed by atoms with Gasteiger partial charge in [0.2, 0.25) is 0 Å². The Kier molecular flexibility index (Phi) is 11.6. The van der Waals surface area contributed by atoms with Crippen molar-refractivity contribution in [1.29, 1.82) is 0 Å². The summed E-state index contributed by atoms with van der Waals surface area (Å²) in [5, 5.41) is 9.75. The Bertz CT molecular complexity index is 857. The van der Waals surface area contributed by atoms with E-state index in [1.54, 1.807) is 0 Å². The molecule has 0 aliphatic heterocycles. The van der Waals surface area contributed by atoms with E-state index in [1.807, 2.05) is 6.92 Å². The third kappa shape index (κ3) is 9.53. The minimum atomic E-state index is -1.85. The molecule has 0 saturated carbocycles. The maximum absolute atomic E-state index is 12.0. The highest BCUT2D eigenvalue weighted by Gasteiger charge is 2.37. The third-order valence-electron chi connectivity index (χ3n) is 4.59. The summed E-state index contributed by atoms with van der Waals surface area (Å²) in [5.74, 6) is -1.73. The molecule has 0 fully saturated rings. The van der Waals surface area contributed by atoms with Crippen LogP contribution >= 0.6 is 0 Å². The van der Waals surface area contributed by atoms with Gasteiger partial charge in [0.15, 0.2) is 11.5 Å². The highest BCUT2D eigenvalue weighted by atomic mass is 16.7. The summed E-state index contributed by atoms with van der Waals surface area (Å²) in [6, 6.07) is 3.98. The molecule has 34 heavy (non-hydrogen) atoms. The molecular formula is C22H31NO11. The van der Waals surface area contributed by atoms with E-state index in [2.05, 4.69) is 9.47 Å². The van der Waals surface area contributed by atoms with Crippen LogP contribution in [0.2, 0.25) is 0 Å². The first-order valence-corrected chi connectivity index (χ1v) is 10.5. The number of methoxy groups -OCH3 is 2. The van der Waals surface area contributed by atoms with Crippen molar-refractivity contribution in [2.24, 2.45) is 5.73 Å². The zero-order chi connectivity index (χ0) is 25.7. The van der Waals surface area contributed by atoms with Crippen molar-refractivity contribution >= 4 is 24.4 Å². The summed E-state index contributed by atoms with van der Waals surface area (Å²) in [4.78, 5) is 46.8. The van der Waals surface area contributed by atoms with Crippen LogP contribution in [0.15, 0.2) is 18.2 Å². The predicted octanol–water partition coefficient (Wildman–Crippen LogP) is 3.42. The second-order valence-corrected chi connectivity index (χ2v) is 7.47. The maximum atomic E-state index is 12.0. The van der Waals surface area contributed by atoms with E-state index in [0.717, 1.165) is 27.1 Å². The van der Waals surface area contributed by atoms with E-state index >= 15 is 0 Å². The summed E-state index contributed by atoms with van der Waals surface area (Å²) in [6.45, 7) is 3.71. The molecule has 12 nitrogen and oxygen atoms in total. The first-order chi connectivity index (χ1) is 16.0. The lowest BCUT2D eigenvalue weighted by atomic mass is 9.86. The van der Waals surface area contributed by atoms with Crippen molar-refractivity contribution in [3.63, 3.8) is 0 Å². The average Bonchev–Trinajstić information content (AvgIpc) is 2.77. The van der Waals surface area contributed by atoms with Gasteiger partial charge in [-0.25, -0.2) is 14.4 Å². The third-order valence-corrected chi connectivity index (χ3v) is 4.59. The van der Waals surface area contributed by atoms with Gasteiger partial charge in [0.25, 0.3) is 0 Å². The van der Waals surface area contributed by atoms with Gasteiger partial charge in [0, 0.05) is 12.8 Å². The number of nitrogens with two attached hydrogens (primary N) is 1. The Hall–Kier alpha value is -3.54. The van der Waals surface area contributed by atoms with Crippen LogP contribution < -0.4 is 15.2 Å². The molecule has 0 spiro atoms. The molecule has 190 valence electrons. The van der Waals surface area contributed by atoms with Crippen molar-refractivity contribution < 1.29 is 52.7 Å². The Balaban J connectivity index is 2.98. The number of carbonyl (C=O) groups is 4. The molecule has 1 rings (SSSR count).